The normalized spacial score (nSPS) is 10.6. The van der Waals surface area contributed by atoms with Gasteiger partial charge in [0.1, 0.15) is 5.01 Å². The number of rotatable bonds is 5. The molecule has 150 valence electrons. The van der Waals surface area contributed by atoms with Crippen molar-refractivity contribution in [2.24, 2.45) is 0 Å². The van der Waals surface area contributed by atoms with Gasteiger partial charge in [0.2, 0.25) is 0 Å². The summed E-state index contributed by atoms with van der Waals surface area (Å²) in [5.74, 6) is -1.29. The molecular formula is C23H25N3O2S. The lowest BCUT2D eigenvalue weighted by Crippen LogP contribution is -2.36. The molecule has 0 radical (unpaired) electrons. The highest BCUT2D eigenvalue weighted by atomic mass is 32.1. The molecule has 0 atom stereocenters. The predicted molar refractivity (Wildman–Crippen MR) is 118 cm³/mol. The largest absolute Gasteiger partial charge is 0.347 e. The first-order valence-corrected chi connectivity index (χ1v) is 10.3. The van der Waals surface area contributed by atoms with E-state index < -0.39 is 11.8 Å². The third-order valence-electron chi connectivity index (χ3n) is 4.68. The highest BCUT2D eigenvalue weighted by molar-refractivity contribution is 7.15. The Morgan fingerprint density at radius 2 is 1.62 bits per heavy atom. The number of carbonyl (C=O) groups is 2. The lowest BCUT2D eigenvalue weighted by atomic mass is 10.1. The molecule has 0 unspecified atom stereocenters. The van der Waals surface area contributed by atoms with Gasteiger partial charge in [0.05, 0.1) is 5.69 Å². The van der Waals surface area contributed by atoms with Gasteiger partial charge in [-0.3, -0.25) is 9.59 Å². The summed E-state index contributed by atoms with van der Waals surface area (Å²) in [7, 11) is 0. The average Bonchev–Trinajstić information content (AvgIpc) is 3.05. The fourth-order valence-corrected chi connectivity index (χ4v) is 3.97. The Labute approximate surface area is 175 Å². The van der Waals surface area contributed by atoms with Crippen LogP contribution in [0.25, 0.3) is 10.6 Å². The number of nitrogens with one attached hydrogen (secondary N) is 2. The summed E-state index contributed by atoms with van der Waals surface area (Å²) in [6.45, 7) is 8.25. The molecule has 2 N–H and O–H groups in total. The highest BCUT2D eigenvalue weighted by Crippen LogP contribution is 2.28. The van der Waals surface area contributed by atoms with Crippen molar-refractivity contribution in [3.05, 3.63) is 69.7 Å². The molecule has 29 heavy (non-hydrogen) atoms. The van der Waals surface area contributed by atoms with Gasteiger partial charge in [0.25, 0.3) is 0 Å². The van der Waals surface area contributed by atoms with Gasteiger partial charge in [-0.25, -0.2) is 4.98 Å². The van der Waals surface area contributed by atoms with Crippen LogP contribution in [0.15, 0.2) is 42.5 Å². The Morgan fingerprint density at radius 3 is 2.34 bits per heavy atom. The smallest absolute Gasteiger partial charge is 0.313 e. The van der Waals surface area contributed by atoms with Crippen molar-refractivity contribution in [1.29, 1.82) is 0 Å². The lowest BCUT2D eigenvalue weighted by Gasteiger charge is -2.09. The summed E-state index contributed by atoms with van der Waals surface area (Å²) in [4.78, 5) is 30.1. The molecule has 0 saturated carbocycles. The van der Waals surface area contributed by atoms with Gasteiger partial charge in [0.15, 0.2) is 0 Å². The zero-order valence-electron chi connectivity index (χ0n) is 17.1. The number of aromatic nitrogens is 1. The second-order valence-electron chi connectivity index (χ2n) is 7.17. The van der Waals surface area contributed by atoms with E-state index in [0.717, 1.165) is 32.3 Å². The van der Waals surface area contributed by atoms with E-state index in [9.17, 15) is 9.59 Å². The van der Waals surface area contributed by atoms with Crippen LogP contribution in [0.4, 0.5) is 5.69 Å². The molecule has 2 aromatic carbocycles. The highest BCUT2D eigenvalue weighted by Gasteiger charge is 2.15. The van der Waals surface area contributed by atoms with E-state index >= 15 is 0 Å². The maximum Gasteiger partial charge on any atom is 0.313 e. The minimum atomic E-state index is -0.653. The van der Waals surface area contributed by atoms with Crippen molar-refractivity contribution in [3.8, 4) is 10.6 Å². The monoisotopic (exact) mass is 407 g/mol. The summed E-state index contributed by atoms with van der Waals surface area (Å²) < 4.78 is 0. The van der Waals surface area contributed by atoms with Gasteiger partial charge in [-0.2, -0.15) is 0 Å². The first kappa shape index (κ1) is 20.7. The molecule has 0 bridgehead atoms. The minimum Gasteiger partial charge on any atom is -0.347 e. The van der Waals surface area contributed by atoms with Crippen molar-refractivity contribution in [2.75, 3.05) is 11.9 Å². The number of amides is 2. The fraction of sp³-hybridized carbons (Fsp3) is 0.261. The van der Waals surface area contributed by atoms with Crippen LogP contribution in [-0.4, -0.2) is 23.3 Å². The fourth-order valence-electron chi connectivity index (χ4n) is 2.90. The second-order valence-corrected chi connectivity index (χ2v) is 8.26. The summed E-state index contributed by atoms with van der Waals surface area (Å²) in [5.41, 5.74) is 5.86. The molecule has 0 aliphatic heterocycles. The number of aryl methyl sites for hydroxylation is 4. The molecule has 5 nitrogen and oxygen atoms in total. The van der Waals surface area contributed by atoms with Crippen LogP contribution in [0.2, 0.25) is 0 Å². The number of nitrogens with zero attached hydrogens (tertiary/aromatic N) is 1. The van der Waals surface area contributed by atoms with Crippen LogP contribution in [0.3, 0.4) is 0 Å². The van der Waals surface area contributed by atoms with E-state index in [0.29, 0.717) is 18.7 Å². The van der Waals surface area contributed by atoms with Gasteiger partial charge < -0.3 is 10.6 Å². The minimum absolute atomic E-state index is 0.384. The summed E-state index contributed by atoms with van der Waals surface area (Å²) in [6.07, 6.45) is 0.637. The molecule has 2 amide bonds. The molecule has 3 rings (SSSR count). The Bertz CT molecular complexity index is 1040. The van der Waals surface area contributed by atoms with Crippen LogP contribution in [0.5, 0.6) is 0 Å². The van der Waals surface area contributed by atoms with Crippen molar-refractivity contribution >= 4 is 28.8 Å². The SMILES string of the molecule is Cc1ccc(-c2nc(C)c(CCNC(=O)C(=O)Nc3cc(C)ccc3C)s2)cc1. The molecule has 6 heteroatoms. The molecule has 0 spiro atoms. The maximum absolute atomic E-state index is 12.2. The van der Waals surface area contributed by atoms with Crippen LogP contribution < -0.4 is 10.6 Å². The third kappa shape index (κ3) is 5.29. The first-order valence-electron chi connectivity index (χ1n) is 9.53. The topological polar surface area (TPSA) is 71.1 Å². The quantitative estimate of drug-likeness (QED) is 0.618. The standard InChI is InChI=1S/C23H25N3O2S/c1-14-6-9-18(10-7-14)23-25-17(4)20(29-23)11-12-24-21(27)22(28)26-19-13-15(2)5-8-16(19)3/h5-10,13H,11-12H2,1-4H3,(H,24,27)(H,26,28). The molecule has 0 aliphatic rings. The lowest BCUT2D eigenvalue weighted by molar-refractivity contribution is -0.136. The van der Waals surface area contributed by atoms with E-state index in [1.807, 2.05) is 39.0 Å². The Morgan fingerprint density at radius 1 is 0.931 bits per heavy atom. The number of thiazole rings is 1. The summed E-state index contributed by atoms with van der Waals surface area (Å²) >= 11 is 1.62. The van der Waals surface area contributed by atoms with Gasteiger partial charge in [0, 0.05) is 29.1 Å². The van der Waals surface area contributed by atoms with Gasteiger partial charge >= 0.3 is 11.8 Å². The van der Waals surface area contributed by atoms with Crippen molar-refractivity contribution < 1.29 is 9.59 Å². The molecule has 0 aliphatic carbocycles. The molecule has 0 saturated heterocycles. The number of anilines is 1. The van der Waals surface area contributed by atoms with E-state index in [4.69, 9.17) is 0 Å². The summed E-state index contributed by atoms with van der Waals surface area (Å²) in [5, 5.41) is 6.35. The Balaban J connectivity index is 1.55. The zero-order valence-corrected chi connectivity index (χ0v) is 17.9. The maximum atomic E-state index is 12.2. The number of carbonyl (C=O) groups excluding carboxylic acids is 2. The van der Waals surface area contributed by atoms with Gasteiger partial charge in [-0.1, -0.05) is 42.0 Å². The van der Waals surface area contributed by atoms with Crippen molar-refractivity contribution in [2.45, 2.75) is 34.1 Å². The van der Waals surface area contributed by atoms with E-state index in [1.165, 1.54) is 5.56 Å². The third-order valence-corrected chi connectivity index (χ3v) is 5.94. The van der Waals surface area contributed by atoms with E-state index in [-0.39, 0.29) is 0 Å². The average molecular weight is 408 g/mol. The molecule has 1 aromatic heterocycles. The predicted octanol–water partition coefficient (Wildman–Crippen LogP) is 4.34. The number of hydrogen-bond donors (Lipinski definition) is 2. The first-order chi connectivity index (χ1) is 13.8. The molecule has 3 aromatic rings. The van der Waals surface area contributed by atoms with Gasteiger partial charge in [-0.15, -0.1) is 11.3 Å². The second kappa shape index (κ2) is 9.01. The van der Waals surface area contributed by atoms with Crippen LogP contribution in [0, 0.1) is 27.7 Å². The van der Waals surface area contributed by atoms with Crippen LogP contribution in [-0.2, 0) is 16.0 Å². The molecular weight excluding hydrogens is 382 g/mol. The number of benzene rings is 2. The molecule has 0 fully saturated rings. The van der Waals surface area contributed by atoms with E-state index in [2.05, 4.69) is 46.8 Å². The number of hydrogen-bond acceptors (Lipinski definition) is 4. The van der Waals surface area contributed by atoms with Crippen LogP contribution in [0.1, 0.15) is 27.3 Å². The Hall–Kier alpha value is -2.99. The van der Waals surface area contributed by atoms with E-state index in [1.54, 1.807) is 11.3 Å². The zero-order chi connectivity index (χ0) is 21.0. The Kier molecular flexibility index (Phi) is 6.44. The van der Waals surface area contributed by atoms with Crippen molar-refractivity contribution in [1.82, 2.24) is 10.3 Å². The summed E-state index contributed by atoms with van der Waals surface area (Å²) in [6, 6.07) is 14.0. The molecule has 1 heterocycles. The van der Waals surface area contributed by atoms with Crippen molar-refractivity contribution in [3.63, 3.8) is 0 Å². The van der Waals surface area contributed by atoms with Crippen LogP contribution >= 0.6 is 11.3 Å². The van der Waals surface area contributed by atoms with Gasteiger partial charge in [-0.05, 0) is 44.9 Å².